The van der Waals surface area contributed by atoms with Crippen LogP contribution in [0.2, 0.25) is 0 Å². The van der Waals surface area contributed by atoms with Gasteiger partial charge in [0.25, 0.3) is 0 Å². The third-order valence-electron chi connectivity index (χ3n) is 6.21. The van der Waals surface area contributed by atoms with Gasteiger partial charge in [0.15, 0.2) is 0 Å². The first kappa shape index (κ1) is 21.7. The second-order valence-electron chi connectivity index (χ2n) is 9.67. The van der Waals surface area contributed by atoms with E-state index in [1.54, 1.807) is 5.57 Å². The zero-order valence-electron chi connectivity index (χ0n) is 18.6. The van der Waals surface area contributed by atoms with Crippen LogP contribution in [0.5, 0.6) is 0 Å². The van der Waals surface area contributed by atoms with E-state index in [-0.39, 0.29) is 11.5 Å². The number of allylic oxidation sites excluding steroid dienone is 2. The van der Waals surface area contributed by atoms with Gasteiger partial charge in [-0.2, -0.15) is 0 Å². The van der Waals surface area contributed by atoms with E-state index in [4.69, 9.17) is 4.74 Å². The molecule has 6 heteroatoms. The molecule has 0 bridgehead atoms. The molecule has 5 nitrogen and oxygen atoms in total. The van der Waals surface area contributed by atoms with Gasteiger partial charge in [0.2, 0.25) is 0 Å². The molecule has 2 aliphatic heterocycles. The summed E-state index contributed by atoms with van der Waals surface area (Å²) in [7, 11) is 0. The van der Waals surface area contributed by atoms with Gasteiger partial charge >= 0.3 is 197 Å². The second kappa shape index (κ2) is 8.21. The first-order valence-electron chi connectivity index (χ1n) is 11.0. The minimum absolute atomic E-state index is 0.0257. The van der Waals surface area contributed by atoms with Crippen LogP contribution in [0.3, 0.4) is 0 Å². The standard InChI is InChI=1S/C24H32N3O2.Tl/c1-5-26-18-10-11-21-19(13-18)24(16-27(21)22(28)29-23(2,3)4)14-20(24)17-9-7-6-8-12-25-15-17;/h8,10-13,15,20,26H,5-7,9,14,16H2,1-4H3;/q-1;+1/b12-8-,17-15+;. The molecule has 2 heterocycles. The molecule has 1 amide bonds. The van der Waals surface area contributed by atoms with E-state index in [0.717, 1.165) is 63.2 Å². The molecule has 4 rings (SSSR count). The molecule has 158 valence electrons. The average molecular weight is 599 g/mol. The van der Waals surface area contributed by atoms with Crippen molar-refractivity contribution in [3.63, 3.8) is 0 Å². The summed E-state index contributed by atoms with van der Waals surface area (Å²) >= 11 is 0.767. The van der Waals surface area contributed by atoms with Crippen LogP contribution in [-0.2, 0) is 10.2 Å². The summed E-state index contributed by atoms with van der Waals surface area (Å²) in [4.78, 5) is 14.9. The molecule has 0 aromatic heterocycles. The number of rotatable bonds is 3. The van der Waals surface area contributed by atoms with Crippen LogP contribution < -0.4 is 10.2 Å². The fraction of sp³-hybridized carbons (Fsp3) is 0.542. The van der Waals surface area contributed by atoms with Crippen molar-refractivity contribution in [2.45, 2.75) is 64.4 Å². The summed E-state index contributed by atoms with van der Waals surface area (Å²) in [5.74, 6) is 0.508. The Labute approximate surface area is 196 Å². The van der Waals surface area contributed by atoms with Gasteiger partial charge in [0, 0.05) is 0 Å². The van der Waals surface area contributed by atoms with Crippen molar-refractivity contribution < 1.29 is 9.53 Å². The van der Waals surface area contributed by atoms with Crippen LogP contribution in [0.1, 0.15) is 58.9 Å². The van der Waals surface area contributed by atoms with E-state index in [0.29, 0.717) is 12.5 Å². The number of carbonyl (C=O) groups excluding carboxylic acids is 1. The van der Waals surface area contributed by atoms with Crippen LogP contribution in [-0.4, -0.2) is 53.6 Å². The maximum atomic E-state index is 13.0. The van der Waals surface area contributed by atoms with Crippen molar-refractivity contribution in [2.24, 2.45) is 5.92 Å². The molecule has 1 fully saturated rings. The number of amides is 1. The SMILES string of the molecule is CCNc1ccc2c(c1)C1(CC1/C1=C/[N]([Tl])/C=C\CCC1)CN2C(=O)OC(C)(C)C. The van der Waals surface area contributed by atoms with Gasteiger partial charge in [-0.1, -0.05) is 0 Å². The molecule has 30 heavy (non-hydrogen) atoms. The van der Waals surface area contributed by atoms with Crippen molar-refractivity contribution in [2.75, 3.05) is 23.3 Å². The molecule has 1 aliphatic carbocycles. The summed E-state index contributed by atoms with van der Waals surface area (Å²) in [5.41, 5.74) is 4.53. The number of hydrogen-bond donors (Lipinski definition) is 1. The fourth-order valence-electron chi connectivity index (χ4n) is 4.86. The van der Waals surface area contributed by atoms with Crippen LogP contribution >= 0.6 is 0 Å². The van der Waals surface area contributed by atoms with Crippen molar-refractivity contribution in [1.29, 1.82) is 0 Å². The molecule has 1 aromatic carbocycles. The molecule has 1 spiro atoms. The first-order chi connectivity index (χ1) is 14.2. The molecule has 1 saturated carbocycles. The number of hydrogen-bond acceptors (Lipinski definition) is 4. The van der Waals surface area contributed by atoms with Crippen LogP contribution in [0.4, 0.5) is 16.2 Å². The number of carbonyl (C=O) groups is 1. The average Bonchev–Trinajstić information content (AvgIpc) is 3.27. The van der Waals surface area contributed by atoms with E-state index in [1.807, 2.05) is 25.7 Å². The number of ether oxygens (including phenoxy) is 1. The Hall–Kier alpha value is -1.51. The van der Waals surface area contributed by atoms with Crippen molar-refractivity contribution in [3.05, 3.63) is 47.8 Å². The summed E-state index contributed by atoms with van der Waals surface area (Å²) in [5, 5.41) is 3.44. The van der Waals surface area contributed by atoms with Gasteiger partial charge in [-0.25, -0.2) is 0 Å². The Morgan fingerprint density at radius 3 is 2.90 bits per heavy atom. The predicted molar refractivity (Wildman–Crippen MR) is 123 cm³/mol. The van der Waals surface area contributed by atoms with E-state index in [1.165, 1.54) is 12.0 Å². The quantitative estimate of drug-likeness (QED) is 0.492. The van der Waals surface area contributed by atoms with E-state index in [2.05, 4.69) is 51.6 Å². The molecule has 0 radical (unpaired) electrons. The summed E-state index contributed by atoms with van der Waals surface area (Å²) in [6.07, 6.45) is 11.3. The molecule has 0 saturated heterocycles. The Balaban J connectivity index is 1.68. The Morgan fingerprint density at radius 2 is 2.17 bits per heavy atom. The number of nitrogens with one attached hydrogen (secondary N) is 1. The summed E-state index contributed by atoms with van der Waals surface area (Å²) in [6, 6.07) is 6.44. The van der Waals surface area contributed by atoms with E-state index >= 15 is 0 Å². The summed E-state index contributed by atoms with van der Waals surface area (Å²) < 4.78 is 8.10. The zero-order valence-corrected chi connectivity index (χ0v) is 23.1. The van der Waals surface area contributed by atoms with Crippen LogP contribution in [0.15, 0.2) is 42.2 Å². The fourth-order valence-corrected chi connectivity index (χ4v) is 6.08. The van der Waals surface area contributed by atoms with Gasteiger partial charge in [-0.3, -0.25) is 0 Å². The van der Waals surface area contributed by atoms with Gasteiger partial charge < -0.3 is 0 Å². The topological polar surface area (TPSA) is 44.8 Å². The third kappa shape index (κ3) is 4.27. The van der Waals surface area contributed by atoms with Gasteiger partial charge in [-0.15, -0.1) is 0 Å². The Kier molecular flexibility index (Phi) is 5.94. The molecule has 1 aromatic rings. The summed E-state index contributed by atoms with van der Waals surface area (Å²) in [6.45, 7) is 9.51. The normalized spacial score (nSPS) is 28.2. The molecule has 2 atom stereocenters. The van der Waals surface area contributed by atoms with E-state index < -0.39 is 5.60 Å². The maximum absolute atomic E-state index is 13.0. The predicted octanol–water partition coefficient (Wildman–Crippen LogP) is 5.10. The van der Waals surface area contributed by atoms with Gasteiger partial charge in [0.1, 0.15) is 0 Å². The monoisotopic (exact) mass is 599 g/mol. The van der Waals surface area contributed by atoms with Gasteiger partial charge in [0.05, 0.1) is 0 Å². The Bertz CT molecular complexity index is 889. The number of benzene rings is 1. The van der Waals surface area contributed by atoms with Gasteiger partial charge in [-0.05, 0) is 0 Å². The third-order valence-corrected chi connectivity index (χ3v) is 7.46. The molecule has 1 N–H and O–H groups in total. The van der Waals surface area contributed by atoms with Crippen LogP contribution in [0.25, 0.3) is 0 Å². The Morgan fingerprint density at radius 1 is 1.37 bits per heavy atom. The minimum atomic E-state index is -0.498. The molecular formula is C24H32N3O2Tl. The van der Waals surface area contributed by atoms with Crippen LogP contribution in [0, 0.1) is 5.92 Å². The van der Waals surface area contributed by atoms with Crippen molar-refractivity contribution in [3.8, 4) is 0 Å². The van der Waals surface area contributed by atoms with Crippen molar-refractivity contribution >= 4 is 43.5 Å². The second-order valence-corrected chi connectivity index (χ2v) is 12.0. The van der Waals surface area contributed by atoms with E-state index in [9.17, 15) is 4.79 Å². The number of fused-ring (bicyclic) bond motifs is 2. The van der Waals surface area contributed by atoms with Crippen molar-refractivity contribution in [1.82, 2.24) is 2.71 Å². The first-order valence-corrected chi connectivity index (χ1v) is 13.0. The molecule has 2 unspecified atom stereocenters. The number of nitrogens with zero attached hydrogens (tertiary/aromatic N) is 2. The molecular weight excluding hydrogens is 567 g/mol. The number of anilines is 2. The molecule has 3 aliphatic rings. The zero-order chi connectivity index (χ0) is 21.5.